The molecule has 8 heteroatoms. The van der Waals surface area contributed by atoms with E-state index >= 15 is 0 Å². The number of piperidine rings is 1. The molecule has 1 aliphatic carbocycles. The average Bonchev–Trinajstić information content (AvgIpc) is 3.58. The molecule has 0 bridgehead atoms. The van der Waals surface area contributed by atoms with E-state index < -0.39 is 0 Å². The zero-order valence-corrected chi connectivity index (χ0v) is 21.8. The van der Waals surface area contributed by atoms with Gasteiger partial charge in [0.2, 0.25) is 5.95 Å². The van der Waals surface area contributed by atoms with E-state index in [1.54, 1.807) is 18.3 Å². The van der Waals surface area contributed by atoms with Crippen LogP contribution >= 0.6 is 0 Å². The van der Waals surface area contributed by atoms with Gasteiger partial charge in [-0.25, -0.2) is 19.3 Å². The molecule has 1 N–H and O–H groups in total. The largest absolute Gasteiger partial charge is 0.492 e. The number of likely N-dealkylation sites (tertiary alicyclic amines) is 1. The maximum absolute atomic E-state index is 14.4. The van der Waals surface area contributed by atoms with Crippen molar-refractivity contribution in [3.05, 3.63) is 71.9 Å². The molecule has 1 saturated carbocycles. The number of hydrogen-bond acceptors (Lipinski definition) is 6. The predicted molar refractivity (Wildman–Crippen MR) is 148 cm³/mol. The van der Waals surface area contributed by atoms with Gasteiger partial charge in [0.05, 0.1) is 11.9 Å². The van der Waals surface area contributed by atoms with Crippen LogP contribution in [0.1, 0.15) is 62.4 Å². The van der Waals surface area contributed by atoms with Gasteiger partial charge in [-0.2, -0.15) is 0 Å². The molecular formula is C30H35FN6O. The standard InChI is InChI=1S/C30H35FN6O/c31-25-13-4-5-14-26(25)33-30-34-27-21-32-28(35-29(27)37(30)23-10-2-3-11-23)20-22-9-8-12-24(19-22)38-18-17-36-15-6-1-7-16-36/h4-5,8-9,12-14,19,21,23H,1-3,6-7,10-11,15-18,20H2,(H,33,34). The van der Waals surface area contributed by atoms with Crippen molar-refractivity contribution in [1.82, 2.24) is 24.4 Å². The summed E-state index contributed by atoms with van der Waals surface area (Å²) in [6, 6.07) is 15.2. The van der Waals surface area contributed by atoms with Crippen molar-refractivity contribution in [1.29, 1.82) is 0 Å². The lowest BCUT2D eigenvalue weighted by Crippen LogP contribution is -2.33. The molecule has 0 unspecified atom stereocenters. The second-order valence-corrected chi connectivity index (χ2v) is 10.4. The molecule has 0 radical (unpaired) electrons. The molecule has 2 aliphatic rings. The van der Waals surface area contributed by atoms with Gasteiger partial charge in [-0.05, 0) is 68.6 Å². The minimum absolute atomic E-state index is 0.286. The molecule has 38 heavy (non-hydrogen) atoms. The third-order valence-electron chi connectivity index (χ3n) is 7.68. The monoisotopic (exact) mass is 514 g/mol. The Bertz CT molecular complexity index is 1380. The minimum Gasteiger partial charge on any atom is -0.492 e. The highest BCUT2D eigenvalue weighted by atomic mass is 19.1. The van der Waals surface area contributed by atoms with Crippen molar-refractivity contribution >= 4 is 22.8 Å². The first kappa shape index (κ1) is 24.8. The second-order valence-electron chi connectivity index (χ2n) is 10.4. The number of aromatic nitrogens is 4. The minimum atomic E-state index is -0.303. The van der Waals surface area contributed by atoms with E-state index in [-0.39, 0.29) is 11.9 Å². The highest BCUT2D eigenvalue weighted by molar-refractivity contribution is 5.75. The first-order valence-corrected chi connectivity index (χ1v) is 13.9. The van der Waals surface area contributed by atoms with Crippen LogP contribution in [0.3, 0.4) is 0 Å². The maximum atomic E-state index is 14.4. The topological polar surface area (TPSA) is 68.1 Å². The second kappa shape index (κ2) is 11.5. The van der Waals surface area contributed by atoms with Crippen LogP contribution in [0.25, 0.3) is 11.2 Å². The number of rotatable bonds is 9. The Kier molecular flexibility index (Phi) is 7.49. The Morgan fingerprint density at radius 3 is 2.63 bits per heavy atom. The molecular weight excluding hydrogens is 479 g/mol. The Labute approximate surface area is 223 Å². The summed E-state index contributed by atoms with van der Waals surface area (Å²) in [7, 11) is 0. The predicted octanol–water partition coefficient (Wildman–Crippen LogP) is 6.28. The fourth-order valence-electron chi connectivity index (χ4n) is 5.69. The van der Waals surface area contributed by atoms with Crippen molar-refractivity contribution in [3.63, 3.8) is 0 Å². The van der Waals surface area contributed by atoms with Crippen LogP contribution < -0.4 is 10.1 Å². The normalized spacial score (nSPS) is 16.8. The summed E-state index contributed by atoms with van der Waals surface area (Å²) in [4.78, 5) is 16.8. The first-order valence-electron chi connectivity index (χ1n) is 13.9. The Balaban J connectivity index is 1.21. The number of ether oxygens (including phenoxy) is 1. The van der Waals surface area contributed by atoms with Gasteiger partial charge in [0.15, 0.2) is 5.65 Å². The first-order chi connectivity index (χ1) is 18.7. The lowest BCUT2D eigenvalue weighted by molar-refractivity contribution is 0.183. The number of anilines is 2. The SMILES string of the molecule is Fc1ccccc1Nc1nc2cnc(Cc3cccc(OCCN4CCCCC4)c3)nc2n1C1CCCC1. The summed E-state index contributed by atoms with van der Waals surface area (Å²) < 4.78 is 22.6. The summed E-state index contributed by atoms with van der Waals surface area (Å²) in [5.41, 5.74) is 3.03. The van der Waals surface area contributed by atoms with Crippen molar-refractivity contribution in [2.75, 3.05) is 31.6 Å². The van der Waals surface area contributed by atoms with Crippen molar-refractivity contribution in [3.8, 4) is 5.75 Å². The lowest BCUT2D eigenvalue weighted by Gasteiger charge is -2.26. The molecule has 0 amide bonds. The number of nitrogens with zero attached hydrogens (tertiary/aromatic N) is 5. The van der Waals surface area contributed by atoms with Crippen LogP contribution in [0, 0.1) is 5.82 Å². The smallest absolute Gasteiger partial charge is 0.210 e. The van der Waals surface area contributed by atoms with Crippen LogP contribution in [-0.4, -0.2) is 50.7 Å². The maximum Gasteiger partial charge on any atom is 0.210 e. The average molecular weight is 515 g/mol. The number of imidazole rings is 1. The highest BCUT2D eigenvalue weighted by Gasteiger charge is 2.24. The highest BCUT2D eigenvalue weighted by Crippen LogP contribution is 2.36. The van der Waals surface area contributed by atoms with E-state index in [1.807, 2.05) is 18.2 Å². The molecule has 2 aromatic heterocycles. The van der Waals surface area contributed by atoms with Gasteiger partial charge in [-0.3, -0.25) is 9.47 Å². The summed E-state index contributed by atoms with van der Waals surface area (Å²) >= 11 is 0. The van der Waals surface area contributed by atoms with Gasteiger partial charge in [0.1, 0.15) is 29.5 Å². The molecule has 1 aliphatic heterocycles. The number of halogens is 1. The molecule has 198 valence electrons. The van der Waals surface area contributed by atoms with E-state index in [0.29, 0.717) is 30.2 Å². The number of para-hydroxylation sites is 1. The molecule has 0 spiro atoms. The molecule has 6 rings (SSSR count). The fourth-order valence-corrected chi connectivity index (χ4v) is 5.69. The van der Waals surface area contributed by atoms with Crippen LogP contribution in [0.2, 0.25) is 0 Å². The van der Waals surface area contributed by atoms with Crippen molar-refractivity contribution in [2.45, 2.75) is 57.4 Å². The van der Waals surface area contributed by atoms with Gasteiger partial charge in [-0.1, -0.05) is 43.5 Å². The van der Waals surface area contributed by atoms with E-state index in [1.165, 1.54) is 51.3 Å². The summed E-state index contributed by atoms with van der Waals surface area (Å²) in [6.07, 6.45) is 10.8. The van der Waals surface area contributed by atoms with Crippen LogP contribution in [0.5, 0.6) is 5.75 Å². The molecule has 2 aromatic carbocycles. The molecule has 2 fully saturated rings. The number of fused-ring (bicyclic) bond motifs is 1. The lowest BCUT2D eigenvalue weighted by atomic mass is 10.1. The summed E-state index contributed by atoms with van der Waals surface area (Å²) in [6.45, 7) is 4.03. The number of hydrogen-bond donors (Lipinski definition) is 1. The summed E-state index contributed by atoms with van der Waals surface area (Å²) in [5, 5.41) is 3.22. The van der Waals surface area contributed by atoms with Gasteiger partial charge < -0.3 is 10.1 Å². The quantitative estimate of drug-likeness (QED) is 0.284. The van der Waals surface area contributed by atoms with Gasteiger partial charge >= 0.3 is 0 Å². The zero-order valence-electron chi connectivity index (χ0n) is 21.8. The molecule has 7 nitrogen and oxygen atoms in total. The molecule has 3 heterocycles. The fraction of sp³-hybridized carbons (Fsp3) is 0.433. The molecule has 0 atom stereocenters. The number of nitrogens with one attached hydrogen (secondary N) is 1. The molecule has 1 saturated heterocycles. The van der Waals surface area contributed by atoms with E-state index in [0.717, 1.165) is 42.2 Å². The van der Waals surface area contributed by atoms with Gasteiger partial charge in [-0.15, -0.1) is 0 Å². The third kappa shape index (κ3) is 5.65. The van der Waals surface area contributed by atoms with Crippen LogP contribution in [-0.2, 0) is 6.42 Å². The Morgan fingerprint density at radius 2 is 1.79 bits per heavy atom. The Hall–Kier alpha value is -3.52. The van der Waals surface area contributed by atoms with Crippen LogP contribution in [0.15, 0.2) is 54.7 Å². The van der Waals surface area contributed by atoms with E-state index in [9.17, 15) is 4.39 Å². The summed E-state index contributed by atoms with van der Waals surface area (Å²) in [5.74, 6) is 1.93. The molecule has 4 aromatic rings. The van der Waals surface area contributed by atoms with Gasteiger partial charge in [0, 0.05) is 19.0 Å². The van der Waals surface area contributed by atoms with Gasteiger partial charge in [0.25, 0.3) is 0 Å². The number of benzene rings is 2. The Morgan fingerprint density at radius 1 is 0.947 bits per heavy atom. The third-order valence-corrected chi connectivity index (χ3v) is 7.68. The zero-order chi connectivity index (χ0) is 25.7. The van der Waals surface area contributed by atoms with E-state index in [2.05, 4.69) is 31.9 Å². The van der Waals surface area contributed by atoms with Crippen LogP contribution in [0.4, 0.5) is 16.0 Å². The van der Waals surface area contributed by atoms with Crippen molar-refractivity contribution in [2.24, 2.45) is 0 Å². The van der Waals surface area contributed by atoms with Crippen molar-refractivity contribution < 1.29 is 9.13 Å². The van der Waals surface area contributed by atoms with E-state index in [4.69, 9.17) is 14.7 Å².